The van der Waals surface area contributed by atoms with Gasteiger partial charge < -0.3 is 20.0 Å². The fourth-order valence-corrected chi connectivity index (χ4v) is 3.24. The highest BCUT2D eigenvalue weighted by Gasteiger charge is 2.28. The number of anilines is 2. The van der Waals surface area contributed by atoms with E-state index >= 15 is 0 Å². The maximum Gasteiger partial charge on any atom is 0.258 e. The van der Waals surface area contributed by atoms with Gasteiger partial charge >= 0.3 is 0 Å². The summed E-state index contributed by atoms with van der Waals surface area (Å²) in [5, 5.41) is 6.54. The van der Waals surface area contributed by atoms with Crippen molar-refractivity contribution in [2.45, 2.75) is 32.4 Å². The first kappa shape index (κ1) is 16.6. The third-order valence-electron chi connectivity index (χ3n) is 4.87. The lowest BCUT2D eigenvalue weighted by Gasteiger charge is -2.40. The molecule has 1 fully saturated rings. The average molecular weight is 327 g/mol. The molecule has 3 rings (SSSR count). The molecule has 0 spiro atoms. The van der Waals surface area contributed by atoms with E-state index in [1.807, 2.05) is 24.3 Å². The van der Waals surface area contributed by atoms with Crippen LogP contribution in [0.3, 0.4) is 0 Å². The van der Waals surface area contributed by atoms with Crippen molar-refractivity contribution >= 4 is 17.3 Å². The average Bonchev–Trinajstić information content (AvgIpc) is 3.07. The summed E-state index contributed by atoms with van der Waals surface area (Å²) in [6.07, 6.45) is 4.05. The number of hydrogen-bond donors (Lipinski definition) is 2. The molecule has 2 heterocycles. The van der Waals surface area contributed by atoms with Gasteiger partial charge in [-0.2, -0.15) is 0 Å². The summed E-state index contributed by atoms with van der Waals surface area (Å²) >= 11 is 0. The van der Waals surface area contributed by atoms with E-state index in [0.29, 0.717) is 23.6 Å². The summed E-state index contributed by atoms with van der Waals surface area (Å²) in [7, 11) is 2.18. The van der Waals surface area contributed by atoms with Gasteiger partial charge in [0, 0.05) is 30.0 Å². The summed E-state index contributed by atoms with van der Waals surface area (Å²) in [6, 6.07) is 10.5. The van der Waals surface area contributed by atoms with Gasteiger partial charge in [-0.25, -0.2) is 0 Å². The molecule has 128 valence electrons. The topological polar surface area (TPSA) is 57.5 Å². The molecule has 24 heavy (non-hydrogen) atoms. The summed E-state index contributed by atoms with van der Waals surface area (Å²) in [5.74, 6) is 0.414. The SMILES string of the molecule is C[C@@H]1CN(C)[C@H](C)C[C@H]1Nc1cccc(NC(=O)c2ccoc2)c1. The van der Waals surface area contributed by atoms with Crippen LogP contribution in [0.4, 0.5) is 11.4 Å². The van der Waals surface area contributed by atoms with Crippen LogP contribution in [0.5, 0.6) is 0 Å². The Morgan fingerprint density at radius 2 is 2.04 bits per heavy atom. The van der Waals surface area contributed by atoms with Gasteiger partial charge in [-0.05, 0) is 50.6 Å². The molecule has 0 aliphatic carbocycles. The summed E-state index contributed by atoms with van der Waals surface area (Å²) in [4.78, 5) is 14.5. The van der Waals surface area contributed by atoms with E-state index < -0.39 is 0 Å². The van der Waals surface area contributed by atoms with E-state index in [2.05, 4.69) is 36.4 Å². The van der Waals surface area contributed by atoms with Crippen molar-refractivity contribution < 1.29 is 9.21 Å². The molecule has 5 heteroatoms. The number of nitrogens with zero attached hydrogens (tertiary/aromatic N) is 1. The van der Waals surface area contributed by atoms with E-state index in [4.69, 9.17) is 4.42 Å². The predicted octanol–water partition coefficient (Wildman–Crippen LogP) is 3.67. The Morgan fingerprint density at radius 1 is 1.25 bits per heavy atom. The number of benzene rings is 1. The fourth-order valence-electron chi connectivity index (χ4n) is 3.24. The number of piperidine rings is 1. The largest absolute Gasteiger partial charge is 0.472 e. The molecule has 0 radical (unpaired) electrons. The monoisotopic (exact) mass is 327 g/mol. The van der Waals surface area contributed by atoms with Gasteiger partial charge in [0.25, 0.3) is 5.91 Å². The van der Waals surface area contributed by atoms with Crippen LogP contribution in [0.25, 0.3) is 0 Å². The van der Waals surface area contributed by atoms with Crippen molar-refractivity contribution in [3.05, 3.63) is 48.4 Å². The summed E-state index contributed by atoms with van der Waals surface area (Å²) in [5.41, 5.74) is 2.33. The number of carbonyl (C=O) groups is 1. The van der Waals surface area contributed by atoms with Crippen molar-refractivity contribution in [1.29, 1.82) is 0 Å². The molecule has 1 aliphatic rings. The minimum Gasteiger partial charge on any atom is -0.472 e. The van der Waals surface area contributed by atoms with Crippen LogP contribution >= 0.6 is 0 Å². The molecule has 1 aliphatic heterocycles. The van der Waals surface area contributed by atoms with E-state index in [0.717, 1.165) is 24.3 Å². The van der Waals surface area contributed by atoms with Gasteiger partial charge in [0.2, 0.25) is 0 Å². The highest BCUT2D eigenvalue weighted by molar-refractivity contribution is 6.04. The third kappa shape index (κ3) is 3.79. The minimum absolute atomic E-state index is 0.165. The van der Waals surface area contributed by atoms with Crippen molar-refractivity contribution in [3.8, 4) is 0 Å². The molecule has 1 aromatic heterocycles. The summed E-state index contributed by atoms with van der Waals surface area (Å²) < 4.78 is 4.95. The molecule has 1 aromatic carbocycles. The second-order valence-corrected chi connectivity index (χ2v) is 6.80. The van der Waals surface area contributed by atoms with Crippen molar-refractivity contribution in [2.24, 2.45) is 5.92 Å². The molecular weight excluding hydrogens is 302 g/mol. The van der Waals surface area contributed by atoms with Gasteiger partial charge in [0.1, 0.15) is 6.26 Å². The van der Waals surface area contributed by atoms with E-state index in [9.17, 15) is 4.79 Å². The lowest BCUT2D eigenvalue weighted by Crippen LogP contribution is -2.48. The van der Waals surface area contributed by atoms with Gasteiger partial charge in [-0.3, -0.25) is 4.79 Å². The number of amides is 1. The molecule has 2 N–H and O–H groups in total. The quantitative estimate of drug-likeness (QED) is 0.899. The number of nitrogens with one attached hydrogen (secondary N) is 2. The molecule has 0 unspecified atom stereocenters. The molecule has 1 amide bonds. The van der Waals surface area contributed by atoms with Crippen molar-refractivity contribution in [2.75, 3.05) is 24.2 Å². The van der Waals surface area contributed by atoms with Gasteiger partial charge in [0.15, 0.2) is 0 Å². The zero-order valence-electron chi connectivity index (χ0n) is 14.5. The third-order valence-corrected chi connectivity index (χ3v) is 4.87. The number of hydrogen-bond acceptors (Lipinski definition) is 4. The number of carbonyl (C=O) groups excluding carboxylic acids is 1. The zero-order valence-corrected chi connectivity index (χ0v) is 14.5. The Labute approximate surface area is 143 Å². The number of likely N-dealkylation sites (tertiary alicyclic amines) is 1. The number of furan rings is 1. The maximum atomic E-state index is 12.1. The number of rotatable bonds is 4. The first-order valence-electron chi connectivity index (χ1n) is 8.43. The van der Waals surface area contributed by atoms with Crippen LogP contribution in [-0.2, 0) is 0 Å². The molecule has 1 saturated heterocycles. The molecular formula is C19H25N3O2. The molecule has 2 aromatic rings. The zero-order chi connectivity index (χ0) is 17.1. The standard InChI is InChI=1S/C19H25N3O2/c1-13-11-22(3)14(2)9-18(13)20-16-5-4-6-17(10-16)21-19(23)15-7-8-24-12-15/h4-8,10,12-14,18,20H,9,11H2,1-3H3,(H,21,23)/t13-,14-,18-/m1/s1. The Balaban J connectivity index is 1.66. The van der Waals surface area contributed by atoms with Gasteiger partial charge in [-0.1, -0.05) is 13.0 Å². The molecule has 3 atom stereocenters. The fraction of sp³-hybridized carbons (Fsp3) is 0.421. The van der Waals surface area contributed by atoms with E-state index in [1.54, 1.807) is 6.07 Å². The second kappa shape index (κ2) is 7.09. The smallest absolute Gasteiger partial charge is 0.258 e. The van der Waals surface area contributed by atoms with Gasteiger partial charge in [-0.15, -0.1) is 0 Å². The second-order valence-electron chi connectivity index (χ2n) is 6.80. The molecule has 5 nitrogen and oxygen atoms in total. The first-order valence-corrected chi connectivity index (χ1v) is 8.43. The van der Waals surface area contributed by atoms with Crippen molar-refractivity contribution in [3.63, 3.8) is 0 Å². The first-order chi connectivity index (χ1) is 11.5. The predicted molar refractivity (Wildman–Crippen MR) is 96.4 cm³/mol. The van der Waals surface area contributed by atoms with Crippen LogP contribution in [-0.4, -0.2) is 36.5 Å². The van der Waals surface area contributed by atoms with Crippen LogP contribution in [0.2, 0.25) is 0 Å². The van der Waals surface area contributed by atoms with Crippen LogP contribution < -0.4 is 10.6 Å². The Kier molecular flexibility index (Phi) is 4.90. The summed E-state index contributed by atoms with van der Waals surface area (Å²) in [6.45, 7) is 5.64. The Bertz CT molecular complexity index is 684. The molecule has 0 saturated carbocycles. The minimum atomic E-state index is -0.165. The highest BCUT2D eigenvalue weighted by Crippen LogP contribution is 2.25. The van der Waals surface area contributed by atoms with E-state index in [-0.39, 0.29) is 5.91 Å². The highest BCUT2D eigenvalue weighted by atomic mass is 16.3. The van der Waals surface area contributed by atoms with Crippen LogP contribution in [0, 0.1) is 5.92 Å². The lowest BCUT2D eigenvalue weighted by molar-refractivity contribution is 0.102. The normalized spacial score (nSPS) is 24.5. The Hall–Kier alpha value is -2.27. The van der Waals surface area contributed by atoms with Crippen LogP contribution in [0.1, 0.15) is 30.6 Å². The molecule has 0 bridgehead atoms. The lowest BCUT2D eigenvalue weighted by atomic mass is 9.89. The van der Waals surface area contributed by atoms with Crippen molar-refractivity contribution in [1.82, 2.24) is 4.90 Å². The van der Waals surface area contributed by atoms with E-state index in [1.165, 1.54) is 12.5 Å². The Morgan fingerprint density at radius 3 is 2.79 bits per heavy atom. The van der Waals surface area contributed by atoms with Crippen LogP contribution in [0.15, 0.2) is 47.3 Å². The maximum absolute atomic E-state index is 12.1. The van der Waals surface area contributed by atoms with Gasteiger partial charge in [0.05, 0.1) is 11.8 Å².